The maximum Gasteiger partial charge on any atom is 0.252 e. The van der Waals surface area contributed by atoms with Crippen molar-refractivity contribution in [3.05, 3.63) is 41.0 Å². The molecule has 4 nitrogen and oxygen atoms in total. The van der Waals surface area contributed by atoms with Crippen molar-refractivity contribution in [2.24, 2.45) is 0 Å². The molecule has 4 heteroatoms. The van der Waals surface area contributed by atoms with E-state index in [9.17, 15) is 4.79 Å². The molecule has 1 aromatic carbocycles. The summed E-state index contributed by atoms with van der Waals surface area (Å²) in [5, 5.41) is 5.14. The molecule has 3 rings (SSSR count). The van der Waals surface area contributed by atoms with E-state index in [0.717, 1.165) is 42.6 Å². The smallest absolute Gasteiger partial charge is 0.252 e. The van der Waals surface area contributed by atoms with Crippen LogP contribution in [0.15, 0.2) is 24.3 Å². The number of rotatable bonds is 2. The third-order valence-corrected chi connectivity index (χ3v) is 4.58. The topological polar surface area (TPSA) is 41.6 Å². The van der Waals surface area contributed by atoms with Crippen LogP contribution in [0, 0.1) is 13.8 Å². The van der Waals surface area contributed by atoms with E-state index < -0.39 is 0 Å². The van der Waals surface area contributed by atoms with Gasteiger partial charge in [0.1, 0.15) is 0 Å². The van der Waals surface area contributed by atoms with Crippen molar-refractivity contribution in [2.75, 3.05) is 20.2 Å². The predicted molar refractivity (Wildman–Crippen MR) is 82.6 cm³/mol. The average molecular weight is 286 g/mol. The molecule has 0 saturated carbocycles. The highest BCUT2D eigenvalue weighted by molar-refractivity contribution is 6.22. The van der Waals surface area contributed by atoms with Gasteiger partial charge in [0, 0.05) is 18.7 Å². The second-order valence-electron chi connectivity index (χ2n) is 6.10. The van der Waals surface area contributed by atoms with E-state index in [1.54, 1.807) is 7.11 Å². The first-order valence-electron chi connectivity index (χ1n) is 7.45. The molecule has 2 aliphatic rings. The zero-order chi connectivity index (χ0) is 15.0. The molecule has 0 atom stereocenters. The molecule has 2 heterocycles. The summed E-state index contributed by atoms with van der Waals surface area (Å²) in [5.74, 6) is 0.0505. The van der Waals surface area contributed by atoms with Crippen LogP contribution in [0.5, 0.6) is 0 Å². The lowest BCUT2D eigenvalue weighted by Gasteiger charge is -2.36. The molecule has 112 valence electrons. The fourth-order valence-corrected chi connectivity index (χ4v) is 3.23. The van der Waals surface area contributed by atoms with Crippen LogP contribution in [0.3, 0.4) is 0 Å². The fourth-order valence-electron chi connectivity index (χ4n) is 3.23. The maximum absolute atomic E-state index is 12.4. The largest absolute Gasteiger partial charge is 0.343 e. The Morgan fingerprint density at radius 1 is 1.24 bits per heavy atom. The standard InChI is InChI=1S/C17H22N2O2/c1-12-4-5-13(2)14(10-12)15-11-17(18-16(15)20)6-8-19(21-3)9-7-17/h4-5,10-11H,6-9H2,1-3H3,(H,18,20). The molecule has 1 aromatic rings. The van der Waals surface area contributed by atoms with E-state index in [0.29, 0.717) is 0 Å². The van der Waals surface area contributed by atoms with Crippen LogP contribution in [0.1, 0.15) is 29.5 Å². The summed E-state index contributed by atoms with van der Waals surface area (Å²) in [5.41, 5.74) is 4.01. The van der Waals surface area contributed by atoms with Gasteiger partial charge in [-0.3, -0.25) is 4.79 Å². The summed E-state index contributed by atoms with van der Waals surface area (Å²) in [7, 11) is 1.70. The SMILES string of the molecule is CON1CCC2(C=C(c3cc(C)ccc3C)C(=O)N2)CC1. The molecule has 0 radical (unpaired) electrons. The summed E-state index contributed by atoms with van der Waals surface area (Å²) >= 11 is 0. The van der Waals surface area contributed by atoms with Crippen LogP contribution < -0.4 is 5.32 Å². The lowest BCUT2D eigenvalue weighted by atomic mass is 9.88. The molecule has 1 spiro atoms. The Bertz CT molecular complexity index is 599. The minimum atomic E-state index is -0.197. The Balaban J connectivity index is 1.91. The van der Waals surface area contributed by atoms with Crippen molar-refractivity contribution in [3.63, 3.8) is 0 Å². The molecule has 0 unspecified atom stereocenters. The van der Waals surface area contributed by atoms with Crippen molar-refractivity contribution >= 4 is 11.5 Å². The van der Waals surface area contributed by atoms with Crippen molar-refractivity contribution in [1.29, 1.82) is 0 Å². The number of nitrogens with one attached hydrogen (secondary N) is 1. The summed E-state index contributed by atoms with van der Waals surface area (Å²) in [6.45, 7) is 5.80. The zero-order valence-corrected chi connectivity index (χ0v) is 12.9. The van der Waals surface area contributed by atoms with Gasteiger partial charge in [0.2, 0.25) is 0 Å². The van der Waals surface area contributed by atoms with Crippen LogP contribution in [0.25, 0.3) is 5.57 Å². The molecule has 0 aromatic heterocycles. The lowest BCUT2D eigenvalue weighted by Crippen LogP contribution is -2.50. The Hall–Kier alpha value is -1.65. The molecule has 1 saturated heterocycles. The highest BCUT2D eigenvalue weighted by Gasteiger charge is 2.40. The number of carbonyl (C=O) groups excluding carboxylic acids is 1. The number of nitrogens with zero attached hydrogens (tertiary/aromatic N) is 1. The van der Waals surface area contributed by atoms with Gasteiger partial charge in [0.25, 0.3) is 5.91 Å². The van der Waals surface area contributed by atoms with Gasteiger partial charge in [0.15, 0.2) is 0 Å². The molecule has 0 bridgehead atoms. The van der Waals surface area contributed by atoms with Crippen molar-refractivity contribution in [1.82, 2.24) is 10.4 Å². The van der Waals surface area contributed by atoms with Crippen molar-refractivity contribution < 1.29 is 9.63 Å². The van der Waals surface area contributed by atoms with Gasteiger partial charge < -0.3 is 10.2 Å². The van der Waals surface area contributed by atoms with E-state index in [2.05, 4.69) is 43.4 Å². The molecule has 2 aliphatic heterocycles. The highest BCUT2D eigenvalue weighted by atomic mass is 16.7. The molecular formula is C17H22N2O2. The van der Waals surface area contributed by atoms with Gasteiger partial charge in [-0.15, -0.1) is 0 Å². The van der Waals surface area contributed by atoms with Gasteiger partial charge in [-0.25, -0.2) is 0 Å². The van der Waals surface area contributed by atoms with E-state index in [1.807, 2.05) is 5.06 Å². The molecule has 0 aliphatic carbocycles. The summed E-state index contributed by atoms with van der Waals surface area (Å²) in [4.78, 5) is 17.7. The van der Waals surface area contributed by atoms with Gasteiger partial charge >= 0.3 is 0 Å². The third-order valence-electron chi connectivity index (χ3n) is 4.58. The number of aryl methyl sites for hydroxylation is 2. The number of carbonyl (C=O) groups is 1. The van der Waals surface area contributed by atoms with Gasteiger partial charge in [-0.05, 0) is 43.9 Å². The Kier molecular flexibility index (Phi) is 3.59. The van der Waals surface area contributed by atoms with Gasteiger partial charge in [-0.2, -0.15) is 5.06 Å². The van der Waals surface area contributed by atoms with Gasteiger partial charge in [-0.1, -0.05) is 23.8 Å². The molecular weight excluding hydrogens is 264 g/mol. The minimum Gasteiger partial charge on any atom is -0.343 e. The van der Waals surface area contributed by atoms with E-state index in [1.165, 1.54) is 5.56 Å². The van der Waals surface area contributed by atoms with E-state index in [4.69, 9.17) is 4.84 Å². The number of benzene rings is 1. The number of amides is 1. The fraction of sp³-hybridized carbons (Fsp3) is 0.471. The molecule has 1 fully saturated rings. The number of hydroxylamine groups is 2. The first kappa shape index (κ1) is 14.3. The average Bonchev–Trinajstić information content (AvgIpc) is 2.79. The van der Waals surface area contributed by atoms with Crippen LogP contribution >= 0.6 is 0 Å². The summed E-state index contributed by atoms with van der Waals surface area (Å²) < 4.78 is 0. The van der Waals surface area contributed by atoms with Gasteiger partial charge in [0.05, 0.1) is 12.6 Å². The number of hydrogen-bond acceptors (Lipinski definition) is 3. The van der Waals surface area contributed by atoms with E-state index >= 15 is 0 Å². The van der Waals surface area contributed by atoms with Crippen LogP contribution in [-0.2, 0) is 9.63 Å². The van der Waals surface area contributed by atoms with Crippen molar-refractivity contribution in [3.8, 4) is 0 Å². The summed E-state index contributed by atoms with van der Waals surface area (Å²) in [6, 6.07) is 6.26. The second-order valence-corrected chi connectivity index (χ2v) is 6.10. The quantitative estimate of drug-likeness (QED) is 0.906. The van der Waals surface area contributed by atoms with E-state index in [-0.39, 0.29) is 11.4 Å². The normalized spacial score (nSPS) is 21.5. The maximum atomic E-state index is 12.4. The van der Waals surface area contributed by atoms with Crippen LogP contribution in [-0.4, -0.2) is 36.7 Å². The zero-order valence-electron chi connectivity index (χ0n) is 12.9. The molecule has 1 N–H and O–H groups in total. The van der Waals surface area contributed by atoms with Crippen molar-refractivity contribution in [2.45, 2.75) is 32.2 Å². The molecule has 1 amide bonds. The minimum absolute atomic E-state index is 0.0505. The Morgan fingerprint density at radius 3 is 2.62 bits per heavy atom. The second kappa shape index (κ2) is 5.28. The predicted octanol–water partition coefficient (Wildman–Crippen LogP) is 2.21. The number of hydrogen-bond donors (Lipinski definition) is 1. The van der Waals surface area contributed by atoms with Crippen LogP contribution in [0.2, 0.25) is 0 Å². The first-order valence-corrected chi connectivity index (χ1v) is 7.45. The Morgan fingerprint density at radius 2 is 1.95 bits per heavy atom. The highest BCUT2D eigenvalue weighted by Crippen LogP contribution is 2.34. The monoisotopic (exact) mass is 286 g/mol. The lowest BCUT2D eigenvalue weighted by molar-refractivity contribution is -0.150. The first-order chi connectivity index (χ1) is 10.0. The Labute approximate surface area is 125 Å². The number of piperidine rings is 1. The third kappa shape index (κ3) is 2.61. The summed E-state index contributed by atoms with van der Waals surface area (Å²) in [6.07, 6.45) is 3.92. The molecule has 21 heavy (non-hydrogen) atoms. The van der Waals surface area contributed by atoms with Crippen LogP contribution in [0.4, 0.5) is 0 Å².